The first-order chi connectivity index (χ1) is 16.0. The van der Waals surface area contributed by atoms with Gasteiger partial charge in [-0.2, -0.15) is 0 Å². The molecule has 180 valence electrons. The molecule has 6 fully saturated rings. The highest BCUT2D eigenvalue weighted by Crippen LogP contribution is 2.60. The molecule has 2 saturated heterocycles. The molecule has 6 nitrogen and oxygen atoms in total. The maximum atomic E-state index is 13.9. The van der Waals surface area contributed by atoms with Crippen molar-refractivity contribution in [3.8, 4) is 0 Å². The van der Waals surface area contributed by atoms with Crippen molar-refractivity contribution in [2.24, 2.45) is 23.2 Å². The quantitative estimate of drug-likeness (QED) is 0.660. The van der Waals surface area contributed by atoms with Gasteiger partial charge in [0.2, 0.25) is 11.8 Å². The van der Waals surface area contributed by atoms with Gasteiger partial charge >= 0.3 is 0 Å². The van der Waals surface area contributed by atoms with E-state index in [0.29, 0.717) is 5.91 Å². The van der Waals surface area contributed by atoms with E-state index < -0.39 is 0 Å². The average Bonchev–Trinajstić information content (AvgIpc) is 3.47. The van der Waals surface area contributed by atoms with Crippen molar-refractivity contribution in [3.05, 3.63) is 16.1 Å². The lowest BCUT2D eigenvalue weighted by Gasteiger charge is -2.56. The molecule has 1 unspecified atom stereocenters. The number of amides is 2. The summed E-state index contributed by atoms with van der Waals surface area (Å²) in [7, 11) is 0. The minimum atomic E-state index is -0.220. The normalized spacial score (nSPS) is 36.0. The Morgan fingerprint density at radius 3 is 2.30 bits per heavy atom. The van der Waals surface area contributed by atoms with Crippen LogP contribution >= 0.6 is 11.3 Å². The number of aryl methyl sites for hydroxylation is 1. The van der Waals surface area contributed by atoms with E-state index in [2.05, 4.69) is 17.2 Å². The van der Waals surface area contributed by atoms with Gasteiger partial charge in [-0.3, -0.25) is 14.5 Å². The van der Waals surface area contributed by atoms with Crippen LogP contribution in [0.1, 0.15) is 69.0 Å². The molecular weight excluding hydrogens is 432 g/mol. The number of hydrogen-bond acceptors (Lipinski definition) is 5. The van der Waals surface area contributed by atoms with Gasteiger partial charge in [0.25, 0.3) is 0 Å². The molecule has 0 spiro atoms. The van der Waals surface area contributed by atoms with Crippen LogP contribution in [-0.4, -0.2) is 70.3 Å². The molecule has 7 heteroatoms. The average molecular weight is 471 g/mol. The van der Waals surface area contributed by atoms with Gasteiger partial charge in [-0.1, -0.05) is 6.92 Å². The summed E-state index contributed by atoms with van der Waals surface area (Å²) in [5, 5.41) is 3.37. The molecule has 0 N–H and O–H groups in total. The summed E-state index contributed by atoms with van der Waals surface area (Å²) >= 11 is 1.74. The number of carbonyl (C=O) groups is 2. The van der Waals surface area contributed by atoms with Crippen LogP contribution in [0, 0.1) is 23.2 Å². The van der Waals surface area contributed by atoms with Gasteiger partial charge in [0.05, 0.1) is 16.1 Å². The largest absolute Gasteiger partial charge is 0.338 e. The van der Waals surface area contributed by atoms with Crippen LogP contribution < -0.4 is 0 Å². The van der Waals surface area contributed by atoms with E-state index in [0.717, 1.165) is 101 Å². The topological polar surface area (TPSA) is 56.8 Å². The maximum absolute atomic E-state index is 13.9. The molecule has 4 bridgehead atoms. The summed E-state index contributed by atoms with van der Waals surface area (Å²) in [6.07, 6.45) is 10.1. The smallest absolute Gasteiger partial charge is 0.245 e. The Balaban J connectivity index is 1.08. The van der Waals surface area contributed by atoms with E-state index in [1.54, 1.807) is 11.3 Å². The van der Waals surface area contributed by atoms with Crippen molar-refractivity contribution in [1.82, 2.24) is 19.7 Å². The summed E-state index contributed by atoms with van der Waals surface area (Å²) in [6, 6.07) is -0.220. The van der Waals surface area contributed by atoms with Gasteiger partial charge < -0.3 is 9.80 Å². The number of piperazine rings is 1. The van der Waals surface area contributed by atoms with Crippen molar-refractivity contribution in [2.75, 3.05) is 32.7 Å². The molecule has 4 aliphatic carbocycles. The van der Waals surface area contributed by atoms with Gasteiger partial charge in [-0.15, -0.1) is 11.3 Å². The SMILES string of the molecule is CCc1nc(CN2CCN(C(=O)C3CCCN3C(=O)C34CC5CC(CC(C5)C3)C4)CC2)cs1. The van der Waals surface area contributed by atoms with Crippen molar-refractivity contribution in [2.45, 2.75) is 77.3 Å². The molecule has 0 radical (unpaired) electrons. The van der Waals surface area contributed by atoms with Crippen LogP contribution in [0.15, 0.2) is 5.38 Å². The Hall–Kier alpha value is -1.47. The third kappa shape index (κ3) is 4.03. The minimum Gasteiger partial charge on any atom is -0.338 e. The molecule has 1 aromatic rings. The fourth-order valence-corrected chi connectivity index (χ4v) is 8.83. The van der Waals surface area contributed by atoms with Crippen molar-refractivity contribution in [3.63, 3.8) is 0 Å². The van der Waals surface area contributed by atoms with Crippen molar-refractivity contribution < 1.29 is 9.59 Å². The van der Waals surface area contributed by atoms with E-state index >= 15 is 0 Å². The summed E-state index contributed by atoms with van der Waals surface area (Å²) in [5.74, 6) is 2.82. The standard InChI is InChI=1S/C26H38N4O2S/c1-2-23-27-21(17-33-23)16-28-6-8-29(9-7-28)24(31)22-4-3-5-30(22)25(32)26-13-18-10-19(14-26)12-20(11-18)15-26/h17-20,22H,2-16H2,1H3. The third-order valence-corrected chi connectivity index (χ3v) is 10.3. The lowest BCUT2D eigenvalue weighted by atomic mass is 9.49. The summed E-state index contributed by atoms with van der Waals surface area (Å²) < 4.78 is 0. The Bertz CT molecular complexity index is 871. The predicted octanol–water partition coefficient (Wildman–Crippen LogP) is 3.56. The maximum Gasteiger partial charge on any atom is 0.245 e. The molecule has 4 saturated carbocycles. The Morgan fingerprint density at radius 1 is 1.03 bits per heavy atom. The second kappa shape index (κ2) is 8.63. The van der Waals surface area contributed by atoms with Crippen LogP contribution in [0.3, 0.4) is 0 Å². The summed E-state index contributed by atoms with van der Waals surface area (Å²) in [6.45, 7) is 7.10. The molecule has 6 aliphatic rings. The van der Waals surface area contributed by atoms with Crippen LogP contribution in [0.5, 0.6) is 0 Å². The molecule has 2 amide bonds. The van der Waals surface area contributed by atoms with Gasteiger partial charge in [-0.05, 0) is 75.5 Å². The molecule has 2 aliphatic heterocycles. The first-order valence-corrected chi connectivity index (χ1v) is 14.2. The first-order valence-electron chi connectivity index (χ1n) is 13.3. The first kappa shape index (κ1) is 22.0. The highest BCUT2D eigenvalue weighted by molar-refractivity contribution is 7.09. The number of hydrogen-bond donors (Lipinski definition) is 0. The number of rotatable bonds is 5. The van der Waals surface area contributed by atoms with Crippen molar-refractivity contribution >= 4 is 23.2 Å². The van der Waals surface area contributed by atoms with Crippen LogP contribution in [0.25, 0.3) is 0 Å². The van der Waals surface area contributed by atoms with Gasteiger partial charge in [0, 0.05) is 44.6 Å². The zero-order valence-electron chi connectivity index (χ0n) is 20.0. The Morgan fingerprint density at radius 2 is 1.70 bits per heavy atom. The van der Waals surface area contributed by atoms with Crippen LogP contribution in [0.4, 0.5) is 0 Å². The summed E-state index contributed by atoms with van der Waals surface area (Å²) in [4.78, 5) is 38.6. The van der Waals surface area contributed by atoms with E-state index in [1.807, 2.05) is 9.80 Å². The highest BCUT2D eigenvalue weighted by Gasteiger charge is 2.57. The Labute approximate surface area is 201 Å². The number of thiazole rings is 1. The number of carbonyl (C=O) groups excluding carboxylic acids is 2. The second-order valence-corrected chi connectivity index (χ2v) is 12.5. The highest BCUT2D eigenvalue weighted by atomic mass is 32.1. The predicted molar refractivity (Wildman–Crippen MR) is 129 cm³/mol. The fourth-order valence-electron chi connectivity index (χ4n) is 8.09. The molecule has 1 aromatic heterocycles. The van der Waals surface area contributed by atoms with E-state index in [4.69, 9.17) is 4.98 Å². The molecular formula is C26H38N4O2S. The molecule has 1 atom stereocenters. The van der Waals surface area contributed by atoms with E-state index in [9.17, 15) is 9.59 Å². The van der Waals surface area contributed by atoms with Crippen molar-refractivity contribution in [1.29, 1.82) is 0 Å². The monoisotopic (exact) mass is 470 g/mol. The second-order valence-electron chi connectivity index (χ2n) is 11.5. The molecule has 0 aromatic carbocycles. The summed E-state index contributed by atoms with van der Waals surface area (Å²) in [5.41, 5.74) is 1.01. The number of likely N-dealkylation sites (tertiary alicyclic amines) is 1. The van der Waals surface area contributed by atoms with Gasteiger partial charge in [-0.25, -0.2) is 4.98 Å². The lowest BCUT2D eigenvalue weighted by Crippen LogP contribution is -2.58. The lowest BCUT2D eigenvalue weighted by molar-refractivity contribution is -0.162. The van der Waals surface area contributed by atoms with E-state index in [-0.39, 0.29) is 17.4 Å². The third-order valence-electron chi connectivity index (χ3n) is 9.26. The van der Waals surface area contributed by atoms with Crippen LogP contribution in [0.2, 0.25) is 0 Å². The zero-order valence-corrected chi connectivity index (χ0v) is 20.8. The molecule has 33 heavy (non-hydrogen) atoms. The zero-order chi connectivity index (χ0) is 22.6. The number of aromatic nitrogens is 1. The fraction of sp³-hybridized carbons (Fsp3) is 0.808. The molecule has 7 rings (SSSR count). The molecule has 3 heterocycles. The van der Waals surface area contributed by atoms with E-state index in [1.165, 1.54) is 24.3 Å². The van der Waals surface area contributed by atoms with Gasteiger partial charge in [0.1, 0.15) is 6.04 Å². The van der Waals surface area contributed by atoms with Crippen LogP contribution in [-0.2, 0) is 22.6 Å². The number of nitrogens with zero attached hydrogens (tertiary/aromatic N) is 4. The Kier molecular flexibility index (Phi) is 5.76. The van der Waals surface area contributed by atoms with Gasteiger partial charge in [0.15, 0.2) is 0 Å². The minimum absolute atomic E-state index is 0.138.